The summed E-state index contributed by atoms with van der Waals surface area (Å²) in [5, 5.41) is 13.4. The third-order valence-electron chi connectivity index (χ3n) is 4.47. The van der Waals surface area contributed by atoms with Crippen LogP contribution in [0.15, 0.2) is 24.5 Å². The predicted molar refractivity (Wildman–Crippen MR) is 95.6 cm³/mol. The molecule has 0 unspecified atom stereocenters. The monoisotopic (exact) mass is 408 g/mol. The first-order valence-corrected chi connectivity index (χ1v) is 8.53. The van der Waals surface area contributed by atoms with Gasteiger partial charge in [0, 0.05) is 25.5 Å². The van der Waals surface area contributed by atoms with Crippen molar-refractivity contribution >= 4 is 23.1 Å². The highest BCUT2D eigenvalue weighted by Crippen LogP contribution is 2.37. The number of carbonyl (C=O) groups is 1. The molecular weight excluding hydrogens is 393 g/mol. The molecule has 1 aliphatic heterocycles. The fourth-order valence-electron chi connectivity index (χ4n) is 3.11. The molecule has 0 atom stereocenters. The number of ether oxygens (including phenoxy) is 1. The maximum Gasteiger partial charge on any atom is 0.417 e. The molecule has 9 nitrogen and oxygen atoms in total. The van der Waals surface area contributed by atoms with E-state index in [1.54, 1.807) is 0 Å². The SMILES string of the molecule is Nc1cc(C(F)(F)F)c(-c2nc(N3CCOCC3)c3cc(C(=O)O)cn3n2)cn1. The van der Waals surface area contributed by atoms with E-state index in [9.17, 15) is 23.1 Å². The van der Waals surface area contributed by atoms with Crippen molar-refractivity contribution in [2.45, 2.75) is 6.18 Å². The lowest BCUT2D eigenvalue weighted by molar-refractivity contribution is -0.137. The van der Waals surface area contributed by atoms with Crippen LogP contribution >= 0.6 is 0 Å². The number of aromatic carboxylic acids is 1. The summed E-state index contributed by atoms with van der Waals surface area (Å²) in [4.78, 5) is 21.3. The molecule has 4 rings (SSSR count). The Hall–Kier alpha value is -3.41. The van der Waals surface area contributed by atoms with Crippen molar-refractivity contribution in [3.8, 4) is 11.4 Å². The van der Waals surface area contributed by atoms with Crippen molar-refractivity contribution in [3.05, 3.63) is 35.7 Å². The van der Waals surface area contributed by atoms with E-state index in [1.807, 2.05) is 4.90 Å². The van der Waals surface area contributed by atoms with Gasteiger partial charge in [-0.3, -0.25) is 0 Å². The summed E-state index contributed by atoms with van der Waals surface area (Å²) in [5.74, 6) is -1.40. The summed E-state index contributed by atoms with van der Waals surface area (Å²) in [7, 11) is 0. The molecule has 0 radical (unpaired) electrons. The minimum Gasteiger partial charge on any atom is -0.478 e. The van der Waals surface area contributed by atoms with Crippen molar-refractivity contribution in [3.63, 3.8) is 0 Å². The number of pyridine rings is 1. The molecule has 0 bridgehead atoms. The molecule has 1 saturated heterocycles. The lowest BCUT2D eigenvalue weighted by Crippen LogP contribution is -2.37. The topological polar surface area (TPSA) is 119 Å². The zero-order valence-corrected chi connectivity index (χ0v) is 14.8. The second-order valence-corrected chi connectivity index (χ2v) is 6.37. The van der Waals surface area contributed by atoms with Crippen LogP contribution < -0.4 is 10.6 Å². The Labute approximate surface area is 161 Å². The van der Waals surface area contributed by atoms with Gasteiger partial charge in [0.2, 0.25) is 0 Å². The zero-order chi connectivity index (χ0) is 20.8. The first kappa shape index (κ1) is 18.9. The molecule has 3 aromatic rings. The van der Waals surface area contributed by atoms with Crippen molar-refractivity contribution in [1.82, 2.24) is 19.6 Å². The molecular formula is C17H15F3N6O3. The van der Waals surface area contributed by atoms with Gasteiger partial charge in [0.1, 0.15) is 11.3 Å². The molecule has 3 N–H and O–H groups in total. The molecule has 152 valence electrons. The average Bonchev–Trinajstić information content (AvgIpc) is 3.12. The van der Waals surface area contributed by atoms with Crippen molar-refractivity contribution < 1.29 is 27.8 Å². The number of aromatic nitrogens is 4. The number of hydrogen-bond donors (Lipinski definition) is 2. The quantitative estimate of drug-likeness (QED) is 0.675. The van der Waals surface area contributed by atoms with Crippen LogP contribution in [-0.4, -0.2) is 57.0 Å². The Morgan fingerprint density at radius 2 is 1.97 bits per heavy atom. The van der Waals surface area contributed by atoms with Gasteiger partial charge in [0.05, 0.1) is 29.9 Å². The largest absolute Gasteiger partial charge is 0.478 e. The molecule has 0 spiro atoms. The summed E-state index contributed by atoms with van der Waals surface area (Å²) >= 11 is 0. The summed E-state index contributed by atoms with van der Waals surface area (Å²) in [6, 6.07) is 2.10. The second kappa shape index (κ2) is 6.88. The third-order valence-corrected chi connectivity index (χ3v) is 4.47. The highest BCUT2D eigenvalue weighted by atomic mass is 19.4. The predicted octanol–water partition coefficient (Wildman–Crippen LogP) is 1.93. The normalized spacial score (nSPS) is 15.1. The summed E-state index contributed by atoms with van der Waals surface area (Å²) in [6.45, 7) is 1.72. The van der Waals surface area contributed by atoms with Gasteiger partial charge in [-0.05, 0) is 12.1 Å². The Bertz CT molecular complexity index is 1090. The van der Waals surface area contributed by atoms with Crippen molar-refractivity contribution in [1.29, 1.82) is 0 Å². The van der Waals surface area contributed by atoms with E-state index < -0.39 is 17.7 Å². The van der Waals surface area contributed by atoms with Crippen molar-refractivity contribution in [2.75, 3.05) is 36.9 Å². The number of nitrogen functional groups attached to an aromatic ring is 1. The Morgan fingerprint density at radius 1 is 1.24 bits per heavy atom. The van der Waals surface area contributed by atoms with Gasteiger partial charge in [-0.15, -0.1) is 5.10 Å². The van der Waals surface area contributed by atoms with Crippen LogP contribution in [0, 0.1) is 0 Å². The summed E-state index contributed by atoms with van der Waals surface area (Å²) in [5.41, 5.74) is 4.36. The lowest BCUT2D eigenvalue weighted by atomic mass is 10.1. The number of rotatable bonds is 3. The maximum absolute atomic E-state index is 13.5. The van der Waals surface area contributed by atoms with E-state index in [0.29, 0.717) is 37.6 Å². The molecule has 4 heterocycles. The van der Waals surface area contributed by atoms with Gasteiger partial charge in [0.15, 0.2) is 11.6 Å². The van der Waals surface area contributed by atoms with Crippen LogP contribution in [0.5, 0.6) is 0 Å². The number of carboxylic acids is 1. The molecule has 29 heavy (non-hydrogen) atoms. The van der Waals surface area contributed by atoms with Gasteiger partial charge in [0.25, 0.3) is 0 Å². The fourth-order valence-corrected chi connectivity index (χ4v) is 3.11. The number of halogens is 3. The molecule has 0 saturated carbocycles. The number of carboxylic acid groups (broad SMARTS) is 1. The first-order valence-electron chi connectivity index (χ1n) is 8.53. The zero-order valence-electron chi connectivity index (χ0n) is 14.8. The van der Waals surface area contributed by atoms with Gasteiger partial charge in [-0.1, -0.05) is 0 Å². The van der Waals surface area contributed by atoms with Crippen LogP contribution in [0.2, 0.25) is 0 Å². The Kier molecular flexibility index (Phi) is 4.49. The van der Waals surface area contributed by atoms with E-state index in [0.717, 1.165) is 12.3 Å². The van der Waals surface area contributed by atoms with Crippen LogP contribution in [0.1, 0.15) is 15.9 Å². The van der Waals surface area contributed by atoms with E-state index in [-0.39, 0.29) is 22.8 Å². The molecule has 3 aromatic heterocycles. The van der Waals surface area contributed by atoms with Crippen LogP contribution in [0.4, 0.5) is 24.8 Å². The number of nitrogens with two attached hydrogens (primary N) is 1. The highest BCUT2D eigenvalue weighted by molar-refractivity contribution is 5.91. The fraction of sp³-hybridized carbons (Fsp3) is 0.294. The minimum atomic E-state index is -4.70. The maximum atomic E-state index is 13.5. The van der Waals surface area contributed by atoms with Gasteiger partial charge in [-0.2, -0.15) is 13.2 Å². The number of hydrogen-bond acceptors (Lipinski definition) is 7. The number of morpholine rings is 1. The minimum absolute atomic E-state index is 0.0579. The van der Waals surface area contributed by atoms with Crippen LogP contribution in [0.25, 0.3) is 16.9 Å². The standard InChI is InChI=1S/C17H15F3N6O3/c18-17(19,20)11-6-13(21)22-7-10(11)14-23-15(25-1-3-29-4-2-25)12-5-9(16(27)28)8-26(12)24-14/h5-8H,1-4H2,(H2,21,22)(H,27,28). The molecule has 0 aliphatic carbocycles. The van der Waals surface area contributed by atoms with Gasteiger partial charge in [-0.25, -0.2) is 19.3 Å². The molecule has 1 aliphatic rings. The summed E-state index contributed by atoms with van der Waals surface area (Å²) in [6.07, 6.45) is -2.51. The van der Waals surface area contributed by atoms with E-state index in [2.05, 4.69) is 15.1 Å². The van der Waals surface area contributed by atoms with Crippen molar-refractivity contribution in [2.24, 2.45) is 0 Å². The molecule has 0 amide bonds. The molecule has 0 aromatic carbocycles. The highest BCUT2D eigenvalue weighted by Gasteiger charge is 2.35. The van der Waals surface area contributed by atoms with E-state index in [4.69, 9.17) is 10.5 Å². The van der Waals surface area contributed by atoms with Gasteiger partial charge >= 0.3 is 12.1 Å². The molecule has 1 fully saturated rings. The number of alkyl halides is 3. The number of anilines is 2. The number of nitrogens with zero attached hydrogens (tertiary/aromatic N) is 5. The third kappa shape index (κ3) is 3.53. The van der Waals surface area contributed by atoms with E-state index in [1.165, 1.54) is 16.8 Å². The smallest absolute Gasteiger partial charge is 0.417 e. The first-order chi connectivity index (χ1) is 13.7. The Balaban J connectivity index is 1.95. The lowest BCUT2D eigenvalue weighted by Gasteiger charge is -2.28. The van der Waals surface area contributed by atoms with Gasteiger partial charge < -0.3 is 20.5 Å². The van der Waals surface area contributed by atoms with Crippen LogP contribution in [-0.2, 0) is 10.9 Å². The Morgan fingerprint density at radius 3 is 2.62 bits per heavy atom. The average molecular weight is 408 g/mol. The second-order valence-electron chi connectivity index (χ2n) is 6.37. The van der Waals surface area contributed by atoms with E-state index >= 15 is 0 Å². The van der Waals surface area contributed by atoms with Crippen LogP contribution in [0.3, 0.4) is 0 Å². The molecule has 12 heteroatoms. The summed E-state index contributed by atoms with van der Waals surface area (Å²) < 4.78 is 47.2. The number of fused-ring (bicyclic) bond motifs is 1.